The van der Waals surface area contributed by atoms with Crippen molar-refractivity contribution in [3.05, 3.63) is 52.5 Å². The average Bonchev–Trinajstić information content (AvgIpc) is 3.27. The molecule has 0 radical (unpaired) electrons. The van der Waals surface area contributed by atoms with E-state index in [1.165, 1.54) is 22.0 Å². The number of amides is 1. The van der Waals surface area contributed by atoms with Crippen LogP contribution in [-0.2, 0) is 21.4 Å². The molecule has 0 aliphatic carbocycles. The molecule has 30 heavy (non-hydrogen) atoms. The highest BCUT2D eigenvalue weighted by Crippen LogP contribution is 2.25. The van der Waals surface area contributed by atoms with Crippen LogP contribution < -0.4 is 0 Å². The third-order valence-electron chi connectivity index (χ3n) is 5.86. The number of sulfonamides is 1. The van der Waals surface area contributed by atoms with Gasteiger partial charge < -0.3 is 4.90 Å². The molecule has 1 atom stereocenters. The zero-order chi connectivity index (χ0) is 21.1. The summed E-state index contributed by atoms with van der Waals surface area (Å²) in [7, 11) is -3.73. The van der Waals surface area contributed by atoms with E-state index in [4.69, 9.17) is 0 Å². The molecule has 4 rings (SSSR count). The van der Waals surface area contributed by atoms with E-state index in [-0.39, 0.29) is 23.3 Å². The summed E-state index contributed by atoms with van der Waals surface area (Å²) in [4.78, 5) is 17.4. The van der Waals surface area contributed by atoms with E-state index >= 15 is 0 Å². The SMILES string of the molecule is O=C(C1CCCN(S(=O)(=O)c2ccc(F)cc2)C1)N1CCN(Cc2ccsc2)CC1. The molecule has 1 aromatic heterocycles. The van der Waals surface area contributed by atoms with Gasteiger partial charge in [-0.1, -0.05) is 0 Å². The maximum Gasteiger partial charge on any atom is 0.243 e. The van der Waals surface area contributed by atoms with Crippen molar-refractivity contribution in [1.82, 2.24) is 14.1 Å². The molecule has 1 amide bonds. The first kappa shape index (κ1) is 21.4. The fourth-order valence-corrected chi connectivity index (χ4v) is 6.33. The topological polar surface area (TPSA) is 60.9 Å². The summed E-state index contributed by atoms with van der Waals surface area (Å²) in [5.74, 6) is -0.750. The second kappa shape index (κ2) is 9.13. The van der Waals surface area contributed by atoms with Gasteiger partial charge >= 0.3 is 0 Å². The highest BCUT2D eigenvalue weighted by molar-refractivity contribution is 7.89. The smallest absolute Gasteiger partial charge is 0.243 e. The molecular formula is C21H26FN3O3S2. The van der Waals surface area contributed by atoms with Crippen molar-refractivity contribution in [3.8, 4) is 0 Å². The van der Waals surface area contributed by atoms with E-state index < -0.39 is 15.8 Å². The van der Waals surface area contributed by atoms with Gasteiger partial charge in [-0.3, -0.25) is 9.69 Å². The van der Waals surface area contributed by atoms with Crippen molar-refractivity contribution >= 4 is 27.3 Å². The van der Waals surface area contributed by atoms with Gasteiger partial charge in [0.1, 0.15) is 5.82 Å². The lowest BCUT2D eigenvalue weighted by Crippen LogP contribution is -2.52. The number of benzene rings is 1. The Morgan fingerprint density at radius 3 is 2.47 bits per heavy atom. The van der Waals surface area contributed by atoms with E-state index in [1.54, 1.807) is 11.3 Å². The number of piperidine rings is 1. The minimum Gasteiger partial charge on any atom is -0.340 e. The first-order chi connectivity index (χ1) is 14.4. The molecule has 1 unspecified atom stereocenters. The molecule has 6 nitrogen and oxygen atoms in total. The van der Waals surface area contributed by atoms with Crippen molar-refractivity contribution in [2.24, 2.45) is 5.92 Å². The van der Waals surface area contributed by atoms with Crippen LogP contribution in [0.5, 0.6) is 0 Å². The van der Waals surface area contributed by atoms with Crippen LogP contribution in [0.2, 0.25) is 0 Å². The normalized spacial score (nSPS) is 21.6. The summed E-state index contributed by atoms with van der Waals surface area (Å²) < 4.78 is 40.4. The second-order valence-corrected chi connectivity index (χ2v) is 10.6. The van der Waals surface area contributed by atoms with Gasteiger partial charge in [-0.15, -0.1) is 0 Å². The molecule has 162 valence electrons. The summed E-state index contributed by atoms with van der Waals surface area (Å²) in [5, 5.41) is 4.22. The monoisotopic (exact) mass is 451 g/mol. The van der Waals surface area contributed by atoms with Gasteiger partial charge in [0.05, 0.1) is 10.8 Å². The van der Waals surface area contributed by atoms with Crippen LogP contribution in [0.1, 0.15) is 18.4 Å². The number of hydrogen-bond acceptors (Lipinski definition) is 5. The predicted octanol–water partition coefficient (Wildman–Crippen LogP) is 2.63. The fourth-order valence-electron chi connectivity index (χ4n) is 4.14. The summed E-state index contributed by atoms with van der Waals surface area (Å²) in [6.45, 7) is 4.47. The number of thiophene rings is 1. The number of piperazine rings is 1. The number of halogens is 1. The van der Waals surface area contributed by atoms with Crippen LogP contribution in [0.4, 0.5) is 4.39 Å². The van der Waals surface area contributed by atoms with Crippen molar-refractivity contribution in [1.29, 1.82) is 0 Å². The molecule has 2 aliphatic heterocycles. The van der Waals surface area contributed by atoms with Crippen molar-refractivity contribution in [2.75, 3.05) is 39.3 Å². The van der Waals surface area contributed by atoms with E-state index in [0.29, 0.717) is 32.5 Å². The van der Waals surface area contributed by atoms with Crippen LogP contribution in [0.3, 0.4) is 0 Å². The number of carbonyl (C=O) groups is 1. The predicted molar refractivity (Wildman–Crippen MR) is 114 cm³/mol. The Bertz CT molecular complexity index is 956. The Kier molecular flexibility index (Phi) is 6.52. The molecule has 0 bridgehead atoms. The van der Waals surface area contributed by atoms with Gasteiger partial charge in [-0.25, -0.2) is 12.8 Å². The molecule has 2 saturated heterocycles. The lowest BCUT2D eigenvalue weighted by Gasteiger charge is -2.38. The minimum absolute atomic E-state index is 0.0455. The highest BCUT2D eigenvalue weighted by Gasteiger charge is 2.35. The number of hydrogen-bond donors (Lipinski definition) is 0. The zero-order valence-corrected chi connectivity index (χ0v) is 18.4. The zero-order valence-electron chi connectivity index (χ0n) is 16.7. The van der Waals surface area contributed by atoms with E-state index in [1.807, 2.05) is 4.90 Å². The number of nitrogens with zero attached hydrogens (tertiary/aromatic N) is 3. The van der Waals surface area contributed by atoms with Gasteiger partial charge in [-0.05, 0) is 59.5 Å². The standard InChI is InChI=1S/C21H26FN3O3S2/c22-19-3-5-20(6-4-19)30(27,28)25-8-1-2-18(15-25)21(26)24-11-9-23(10-12-24)14-17-7-13-29-16-17/h3-7,13,16,18H,1-2,8-12,14-15H2. The Morgan fingerprint density at radius 1 is 1.07 bits per heavy atom. The molecule has 0 saturated carbocycles. The maximum atomic E-state index is 13.2. The van der Waals surface area contributed by atoms with Gasteiger partial charge in [-0.2, -0.15) is 15.6 Å². The Labute approximate surface area is 180 Å². The summed E-state index contributed by atoms with van der Waals surface area (Å²) in [5.41, 5.74) is 1.30. The lowest BCUT2D eigenvalue weighted by molar-refractivity contribution is -0.138. The molecule has 2 fully saturated rings. The average molecular weight is 452 g/mol. The van der Waals surface area contributed by atoms with Crippen LogP contribution in [0, 0.1) is 11.7 Å². The Morgan fingerprint density at radius 2 is 1.80 bits per heavy atom. The third-order valence-corrected chi connectivity index (χ3v) is 8.47. The molecule has 0 spiro atoms. The molecule has 2 aromatic rings. The van der Waals surface area contributed by atoms with Gasteiger partial charge in [0.15, 0.2) is 0 Å². The largest absolute Gasteiger partial charge is 0.340 e. The van der Waals surface area contributed by atoms with Crippen LogP contribution >= 0.6 is 11.3 Å². The van der Waals surface area contributed by atoms with Crippen molar-refractivity contribution in [2.45, 2.75) is 24.3 Å². The Balaban J connectivity index is 1.35. The first-order valence-corrected chi connectivity index (χ1v) is 12.6. The van der Waals surface area contributed by atoms with Crippen molar-refractivity contribution in [3.63, 3.8) is 0 Å². The Hall–Kier alpha value is -1.81. The third kappa shape index (κ3) is 4.74. The quantitative estimate of drug-likeness (QED) is 0.701. The molecule has 3 heterocycles. The first-order valence-electron chi connectivity index (χ1n) is 10.2. The molecule has 2 aliphatic rings. The number of rotatable bonds is 5. The van der Waals surface area contributed by atoms with E-state index in [0.717, 1.165) is 31.8 Å². The molecule has 9 heteroatoms. The van der Waals surface area contributed by atoms with Gasteiger partial charge in [0, 0.05) is 45.8 Å². The van der Waals surface area contributed by atoms with Crippen molar-refractivity contribution < 1.29 is 17.6 Å². The van der Waals surface area contributed by atoms with Crippen LogP contribution in [0.15, 0.2) is 46.0 Å². The van der Waals surface area contributed by atoms with E-state index in [9.17, 15) is 17.6 Å². The van der Waals surface area contributed by atoms with Gasteiger partial charge in [0.2, 0.25) is 15.9 Å². The number of carbonyl (C=O) groups excluding carboxylic acids is 1. The van der Waals surface area contributed by atoms with E-state index in [2.05, 4.69) is 21.7 Å². The second-order valence-electron chi connectivity index (χ2n) is 7.89. The van der Waals surface area contributed by atoms with Gasteiger partial charge in [0.25, 0.3) is 0 Å². The lowest BCUT2D eigenvalue weighted by atomic mass is 9.97. The highest BCUT2D eigenvalue weighted by atomic mass is 32.2. The molecule has 1 aromatic carbocycles. The fraction of sp³-hybridized carbons (Fsp3) is 0.476. The molecule has 0 N–H and O–H groups in total. The van der Waals surface area contributed by atoms with Crippen LogP contribution in [0.25, 0.3) is 0 Å². The summed E-state index contributed by atoms with van der Waals surface area (Å²) in [6, 6.07) is 6.98. The minimum atomic E-state index is -3.73. The maximum absolute atomic E-state index is 13.2. The van der Waals surface area contributed by atoms with Crippen LogP contribution in [-0.4, -0.2) is 67.7 Å². The molecular weight excluding hydrogens is 425 g/mol. The summed E-state index contributed by atoms with van der Waals surface area (Å²) in [6.07, 6.45) is 1.35. The summed E-state index contributed by atoms with van der Waals surface area (Å²) >= 11 is 1.69.